The van der Waals surface area contributed by atoms with Crippen LogP contribution in [0.1, 0.15) is 37.3 Å². The standard InChI is InChI=1S/C24H29N3O3/c1-3-29-23-15-19(16-25)11-12-22(23)30-18-24(28)26(2)17-20-9-5-6-10-21(20)27-13-7-4-8-14-27/h5-6,9-12,15H,3-4,7-8,13-14,17-18H2,1-2H3. The molecule has 0 unspecified atom stereocenters. The second-order valence-electron chi connectivity index (χ2n) is 7.42. The Kier molecular flexibility index (Phi) is 7.56. The number of benzene rings is 2. The molecule has 158 valence electrons. The van der Waals surface area contributed by atoms with Crippen molar-refractivity contribution in [3.05, 3.63) is 53.6 Å². The number of nitrogens with zero attached hydrogens (tertiary/aromatic N) is 3. The van der Waals surface area contributed by atoms with Gasteiger partial charge in [-0.1, -0.05) is 18.2 Å². The van der Waals surface area contributed by atoms with E-state index < -0.39 is 0 Å². The number of hydrogen-bond acceptors (Lipinski definition) is 5. The number of carbonyl (C=O) groups excluding carboxylic acids is 1. The fraction of sp³-hybridized carbons (Fsp3) is 0.417. The van der Waals surface area contributed by atoms with Crippen LogP contribution in [0.2, 0.25) is 0 Å². The number of carbonyl (C=O) groups is 1. The highest BCUT2D eigenvalue weighted by atomic mass is 16.5. The Hall–Kier alpha value is -3.20. The Labute approximate surface area is 178 Å². The SMILES string of the molecule is CCOc1cc(C#N)ccc1OCC(=O)N(C)Cc1ccccc1N1CCCCC1. The molecule has 0 N–H and O–H groups in total. The zero-order chi connectivity index (χ0) is 21.3. The van der Waals surface area contributed by atoms with Crippen LogP contribution in [-0.4, -0.2) is 44.2 Å². The second kappa shape index (κ2) is 10.5. The number of anilines is 1. The number of nitriles is 1. The number of hydrogen-bond donors (Lipinski definition) is 0. The van der Waals surface area contributed by atoms with E-state index in [0.717, 1.165) is 18.7 Å². The van der Waals surface area contributed by atoms with Crippen LogP contribution in [-0.2, 0) is 11.3 Å². The molecule has 0 saturated carbocycles. The third kappa shape index (κ3) is 5.44. The highest BCUT2D eigenvalue weighted by Crippen LogP contribution is 2.29. The van der Waals surface area contributed by atoms with Crippen molar-refractivity contribution in [3.63, 3.8) is 0 Å². The maximum atomic E-state index is 12.7. The highest BCUT2D eigenvalue weighted by molar-refractivity contribution is 5.78. The number of ether oxygens (including phenoxy) is 2. The molecule has 0 bridgehead atoms. The lowest BCUT2D eigenvalue weighted by Gasteiger charge is -2.31. The summed E-state index contributed by atoms with van der Waals surface area (Å²) in [4.78, 5) is 16.8. The minimum Gasteiger partial charge on any atom is -0.490 e. The quantitative estimate of drug-likeness (QED) is 0.662. The van der Waals surface area contributed by atoms with E-state index in [0.29, 0.717) is 30.2 Å². The number of likely N-dealkylation sites (N-methyl/N-ethyl adjacent to an activating group) is 1. The largest absolute Gasteiger partial charge is 0.490 e. The molecular weight excluding hydrogens is 378 g/mol. The summed E-state index contributed by atoms with van der Waals surface area (Å²) in [6.45, 7) is 4.89. The predicted octanol–water partition coefficient (Wildman–Crippen LogP) is 3.98. The first-order valence-corrected chi connectivity index (χ1v) is 10.5. The molecule has 0 spiro atoms. The van der Waals surface area contributed by atoms with Crippen LogP contribution in [0.5, 0.6) is 11.5 Å². The van der Waals surface area contributed by atoms with E-state index in [4.69, 9.17) is 14.7 Å². The maximum absolute atomic E-state index is 12.7. The van der Waals surface area contributed by atoms with Crippen LogP contribution >= 0.6 is 0 Å². The molecule has 0 atom stereocenters. The summed E-state index contributed by atoms with van der Waals surface area (Å²) in [5.41, 5.74) is 2.84. The van der Waals surface area contributed by atoms with Crippen LogP contribution in [0.25, 0.3) is 0 Å². The lowest BCUT2D eigenvalue weighted by Crippen LogP contribution is -2.33. The molecule has 1 amide bonds. The van der Waals surface area contributed by atoms with E-state index >= 15 is 0 Å². The Bertz CT molecular complexity index is 901. The van der Waals surface area contributed by atoms with Crippen molar-refractivity contribution in [1.29, 1.82) is 5.26 Å². The van der Waals surface area contributed by atoms with Crippen LogP contribution in [0.4, 0.5) is 5.69 Å². The van der Waals surface area contributed by atoms with E-state index in [1.807, 2.05) is 13.0 Å². The van der Waals surface area contributed by atoms with Crippen molar-refractivity contribution in [2.24, 2.45) is 0 Å². The fourth-order valence-electron chi connectivity index (χ4n) is 3.65. The van der Waals surface area contributed by atoms with Gasteiger partial charge in [-0.15, -0.1) is 0 Å². The van der Waals surface area contributed by atoms with Crippen molar-refractivity contribution < 1.29 is 14.3 Å². The molecule has 6 nitrogen and oxygen atoms in total. The first kappa shape index (κ1) is 21.5. The van der Waals surface area contributed by atoms with Gasteiger partial charge in [0, 0.05) is 38.4 Å². The van der Waals surface area contributed by atoms with Gasteiger partial charge >= 0.3 is 0 Å². The van der Waals surface area contributed by atoms with Crippen molar-refractivity contribution in [3.8, 4) is 17.6 Å². The van der Waals surface area contributed by atoms with Crippen molar-refractivity contribution in [1.82, 2.24) is 4.90 Å². The molecule has 2 aromatic rings. The minimum absolute atomic E-state index is 0.0889. The lowest BCUT2D eigenvalue weighted by molar-refractivity contribution is -0.132. The molecule has 0 radical (unpaired) electrons. The summed E-state index contributed by atoms with van der Waals surface area (Å²) >= 11 is 0. The molecule has 0 aromatic heterocycles. The first-order valence-electron chi connectivity index (χ1n) is 10.5. The summed E-state index contributed by atoms with van der Waals surface area (Å²) in [6, 6.07) is 15.3. The van der Waals surface area contributed by atoms with Gasteiger partial charge < -0.3 is 19.3 Å². The third-order valence-corrected chi connectivity index (χ3v) is 5.25. The third-order valence-electron chi connectivity index (χ3n) is 5.25. The average Bonchev–Trinajstić information content (AvgIpc) is 2.79. The molecular formula is C24H29N3O3. The molecule has 1 aliphatic rings. The summed E-state index contributed by atoms with van der Waals surface area (Å²) in [6.07, 6.45) is 3.71. The van der Waals surface area contributed by atoms with Gasteiger partial charge in [-0.05, 0) is 49.9 Å². The Morgan fingerprint density at radius 2 is 1.87 bits per heavy atom. The predicted molar refractivity (Wildman–Crippen MR) is 117 cm³/mol. The van der Waals surface area contributed by atoms with Gasteiger partial charge in [0.2, 0.25) is 0 Å². The Balaban J connectivity index is 1.63. The zero-order valence-corrected chi connectivity index (χ0v) is 17.8. The normalized spacial score (nSPS) is 13.4. The molecule has 1 fully saturated rings. The van der Waals surface area contributed by atoms with E-state index in [1.54, 1.807) is 30.1 Å². The van der Waals surface area contributed by atoms with Gasteiger partial charge in [0.15, 0.2) is 18.1 Å². The van der Waals surface area contributed by atoms with Gasteiger partial charge in [-0.2, -0.15) is 5.26 Å². The van der Waals surface area contributed by atoms with E-state index in [-0.39, 0.29) is 12.5 Å². The van der Waals surface area contributed by atoms with Gasteiger partial charge in [0.25, 0.3) is 5.91 Å². The Morgan fingerprint density at radius 3 is 2.60 bits per heavy atom. The average molecular weight is 408 g/mol. The van der Waals surface area contributed by atoms with E-state index in [9.17, 15) is 4.79 Å². The zero-order valence-electron chi connectivity index (χ0n) is 17.8. The van der Waals surface area contributed by atoms with Gasteiger partial charge in [0.05, 0.1) is 18.2 Å². The van der Waals surface area contributed by atoms with Crippen LogP contribution in [0, 0.1) is 11.3 Å². The molecule has 1 aliphatic heterocycles. The molecule has 6 heteroatoms. The molecule has 2 aromatic carbocycles. The molecule has 1 saturated heterocycles. The summed E-state index contributed by atoms with van der Waals surface area (Å²) < 4.78 is 11.3. The smallest absolute Gasteiger partial charge is 0.260 e. The molecule has 1 heterocycles. The minimum atomic E-state index is -0.116. The lowest BCUT2D eigenvalue weighted by atomic mass is 10.1. The number of amides is 1. The Morgan fingerprint density at radius 1 is 1.10 bits per heavy atom. The van der Waals surface area contributed by atoms with Crippen LogP contribution in [0.3, 0.4) is 0 Å². The highest BCUT2D eigenvalue weighted by Gasteiger charge is 2.17. The monoisotopic (exact) mass is 407 g/mol. The number of piperidine rings is 1. The van der Waals surface area contributed by atoms with Crippen LogP contribution < -0.4 is 14.4 Å². The second-order valence-corrected chi connectivity index (χ2v) is 7.42. The van der Waals surface area contributed by atoms with Gasteiger partial charge in [-0.3, -0.25) is 4.79 Å². The molecule has 30 heavy (non-hydrogen) atoms. The number of para-hydroxylation sites is 1. The maximum Gasteiger partial charge on any atom is 0.260 e. The van der Waals surface area contributed by atoms with Gasteiger partial charge in [0.1, 0.15) is 0 Å². The first-order chi connectivity index (χ1) is 14.6. The summed E-state index contributed by atoms with van der Waals surface area (Å²) in [5, 5.41) is 9.06. The summed E-state index contributed by atoms with van der Waals surface area (Å²) in [5.74, 6) is 0.823. The van der Waals surface area contributed by atoms with E-state index in [1.165, 1.54) is 24.9 Å². The fourth-order valence-corrected chi connectivity index (χ4v) is 3.65. The topological polar surface area (TPSA) is 65.8 Å². The van der Waals surface area contributed by atoms with Crippen molar-refractivity contribution in [2.75, 3.05) is 38.3 Å². The van der Waals surface area contributed by atoms with E-state index in [2.05, 4.69) is 29.2 Å². The van der Waals surface area contributed by atoms with Crippen molar-refractivity contribution >= 4 is 11.6 Å². The summed E-state index contributed by atoms with van der Waals surface area (Å²) in [7, 11) is 1.79. The molecule has 0 aliphatic carbocycles. The van der Waals surface area contributed by atoms with Gasteiger partial charge in [-0.25, -0.2) is 0 Å². The van der Waals surface area contributed by atoms with Crippen molar-refractivity contribution in [2.45, 2.75) is 32.7 Å². The van der Waals surface area contributed by atoms with Crippen LogP contribution in [0.15, 0.2) is 42.5 Å². The number of rotatable bonds is 8. The molecule has 3 rings (SSSR count).